The molecule has 2 rings (SSSR count). The standard InChI is InChI=1S/C9H9N3/c1-12-7-9(10-11-12)8-5-3-2-4-6-8/h2-7H,1H3/p+1. The van der Waals surface area contributed by atoms with E-state index < -0.39 is 0 Å². The van der Waals surface area contributed by atoms with Gasteiger partial charge in [-0.2, -0.15) is 4.68 Å². The van der Waals surface area contributed by atoms with Gasteiger partial charge >= 0.3 is 0 Å². The molecule has 1 heterocycles. The summed E-state index contributed by atoms with van der Waals surface area (Å²) < 4.78 is 1.82. The molecular weight excluding hydrogens is 150 g/mol. The molecule has 0 saturated carbocycles. The summed E-state index contributed by atoms with van der Waals surface area (Å²) in [5.74, 6) is 0. The van der Waals surface area contributed by atoms with Crippen molar-refractivity contribution in [2.75, 3.05) is 0 Å². The van der Waals surface area contributed by atoms with E-state index >= 15 is 0 Å². The van der Waals surface area contributed by atoms with Crippen LogP contribution in [-0.4, -0.2) is 10.3 Å². The van der Waals surface area contributed by atoms with Gasteiger partial charge in [-0.05, 0) is 0 Å². The number of H-pyrrole nitrogens is 1. The first-order valence-electron chi connectivity index (χ1n) is 3.83. The van der Waals surface area contributed by atoms with Crippen LogP contribution in [0, 0.1) is 0 Å². The molecule has 0 aliphatic carbocycles. The number of nitrogens with zero attached hydrogens (tertiary/aromatic N) is 2. The molecule has 0 aliphatic heterocycles. The second-order valence-electron chi connectivity index (χ2n) is 2.70. The van der Waals surface area contributed by atoms with Crippen molar-refractivity contribution < 1.29 is 4.68 Å². The lowest BCUT2D eigenvalue weighted by Gasteiger charge is -1.86. The van der Waals surface area contributed by atoms with Gasteiger partial charge in [-0.3, -0.25) is 0 Å². The van der Waals surface area contributed by atoms with E-state index in [0.717, 1.165) is 11.3 Å². The minimum Gasteiger partial charge on any atom is -0.165 e. The van der Waals surface area contributed by atoms with Crippen molar-refractivity contribution in [2.45, 2.75) is 0 Å². The molecule has 0 aliphatic rings. The van der Waals surface area contributed by atoms with E-state index in [-0.39, 0.29) is 0 Å². The van der Waals surface area contributed by atoms with Crippen LogP contribution in [0.25, 0.3) is 11.3 Å². The SMILES string of the molecule is C[n+]1cc(-c2ccccc2)n[nH]1. The van der Waals surface area contributed by atoms with Crippen LogP contribution < -0.4 is 4.68 Å². The lowest BCUT2D eigenvalue weighted by Crippen LogP contribution is -2.28. The van der Waals surface area contributed by atoms with Crippen LogP contribution in [0.2, 0.25) is 0 Å². The van der Waals surface area contributed by atoms with Gasteiger partial charge in [-0.1, -0.05) is 35.5 Å². The van der Waals surface area contributed by atoms with E-state index in [4.69, 9.17) is 0 Å². The van der Waals surface area contributed by atoms with E-state index in [1.54, 1.807) is 0 Å². The Labute approximate surface area is 70.6 Å². The molecule has 3 heteroatoms. The van der Waals surface area contributed by atoms with Gasteiger partial charge in [0, 0.05) is 10.7 Å². The molecule has 0 spiro atoms. The normalized spacial score (nSPS) is 10.1. The summed E-state index contributed by atoms with van der Waals surface area (Å²) in [6.07, 6.45) is 1.95. The Hall–Kier alpha value is -1.64. The lowest BCUT2D eigenvalue weighted by molar-refractivity contribution is -0.730. The Morgan fingerprint density at radius 2 is 2.00 bits per heavy atom. The summed E-state index contributed by atoms with van der Waals surface area (Å²) >= 11 is 0. The van der Waals surface area contributed by atoms with Crippen LogP contribution in [0.15, 0.2) is 36.5 Å². The van der Waals surface area contributed by atoms with Crippen molar-refractivity contribution in [1.29, 1.82) is 0 Å². The molecule has 1 aromatic heterocycles. The molecule has 60 valence electrons. The maximum atomic E-state index is 4.12. The molecule has 1 aromatic carbocycles. The molecule has 0 radical (unpaired) electrons. The molecule has 2 aromatic rings. The highest BCUT2D eigenvalue weighted by Crippen LogP contribution is 2.12. The fourth-order valence-corrected chi connectivity index (χ4v) is 1.12. The average molecular weight is 160 g/mol. The fraction of sp³-hybridized carbons (Fsp3) is 0.111. The Kier molecular flexibility index (Phi) is 1.63. The molecule has 0 amide bonds. The van der Waals surface area contributed by atoms with Crippen molar-refractivity contribution in [3.8, 4) is 11.3 Å². The molecule has 12 heavy (non-hydrogen) atoms. The van der Waals surface area contributed by atoms with Crippen LogP contribution in [0.4, 0.5) is 0 Å². The molecule has 0 atom stereocenters. The molecule has 0 fully saturated rings. The molecule has 3 nitrogen and oxygen atoms in total. The smallest absolute Gasteiger partial charge is 0.165 e. The van der Waals surface area contributed by atoms with E-state index in [2.05, 4.69) is 10.3 Å². The quantitative estimate of drug-likeness (QED) is 0.618. The van der Waals surface area contributed by atoms with Crippen molar-refractivity contribution in [2.24, 2.45) is 7.05 Å². The van der Waals surface area contributed by atoms with E-state index in [1.807, 2.05) is 48.3 Å². The van der Waals surface area contributed by atoms with Crippen molar-refractivity contribution >= 4 is 0 Å². The van der Waals surface area contributed by atoms with Crippen molar-refractivity contribution in [3.63, 3.8) is 0 Å². The number of hydrogen-bond donors (Lipinski definition) is 1. The summed E-state index contributed by atoms with van der Waals surface area (Å²) in [5, 5.41) is 6.96. The number of aromatic nitrogens is 3. The first-order valence-corrected chi connectivity index (χ1v) is 3.83. The molecule has 0 bridgehead atoms. The highest BCUT2D eigenvalue weighted by molar-refractivity contribution is 5.56. The second kappa shape index (κ2) is 2.77. The van der Waals surface area contributed by atoms with E-state index in [0.29, 0.717) is 0 Å². The summed E-state index contributed by atoms with van der Waals surface area (Å²) in [6.45, 7) is 0. The number of rotatable bonds is 1. The van der Waals surface area contributed by atoms with Crippen molar-refractivity contribution in [1.82, 2.24) is 10.3 Å². The van der Waals surface area contributed by atoms with Crippen LogP contribution in [0.1, 0.15) is 0 Å². The van der Waals surface area contributed by atoms with Gasteiger partial charge in [0.05, 0.1) is 0 Å². The first-order chi connectivity index (χ1) is 5.86. The van der Waals surface area contributed by atoms with Gasteiger partial charge in [-0.25, -0.2) is 0 Å². The Balaban J connectivity index is 2.45. The number of aromatic amines is 1. The minimum absolute atomic E-state index is 0.970. The van der Waals surface area contributed by atoms with E-state index in [9.17, 15) is 0 Å². The van der Waals surface area contributed by atoms with Gasteiger partial charge in [0.15, 0.2) is 6.20 Å². The van der Waals surface area contributed by atoms with Gasteiger partial charge in [0.2, 0.25) is 5.69 Å². The van der Waals surface area contributed by atoms with Gasteiger partial charge in [0.25, 0.3) is 0 Å². The predicted octanol–water partition coefficient (Wildman–Crippen LogP) is 0.901. The summed E-state index contributed by atoms with van der Waals surface area (Å²) in [5.41, 5.74) is 2.10. The van der Waals surface area contributed by atoms with E-state index in [1.165, 1.54) is 0 Å². The first kappa shape index (κ1) is 7.03. The molecule has 1 N–H and O–H groups in total. The Morgan fingerprint density at radius 3 is 2.58 bits per heavy atom. The van der Waals surface area contributed by atoms with Gasteiger partial charge in [0.1, 0.15) is 7.05 Å². The molecule has 0 unspecified atom stereocenters. The molecule has 0 saturated heterocycles. The number of benzene rings is 1. The largest absolute Gasteiger partial charge is 0.248 e. The number of nitrogens with one attached hydrogen (secondary N) is 1. The maximum absolute atomic E-state index is 4.12. The number of aryl methyl sites for hydroxylation is 1. The zero-order valence-electron chi connectivity index (χ0n) is 6.86. The Bertz CT molecular complexity index is 364. The maximum Gasteiger partial charge on any atom is 0.248 e. The van der Waals surface area contributed by atoms with Gasteiger partial charge < -0.3 is 0 Å². The highest BCUT2D eigenvalue weighted by Gasteiger charge is 2.07. The topological polar surface area (TPSA) is 32.6 Å². The second-order valence-corrected chi connectivity index (χ2v) is 2.70. The lowest BCUT2D eigenvalue weighted by atomic mass is 10.2. The van der Waals surface area contributed by atoms with Crippen LogP contribution in [0.3, 0.4) is 0 Å². The van der Waals surface area contributed by atoms with Crippen LogP contribution >= 0.6 is 0 Å². The van der Waals surface area contributed by atoms with Crippen molar-refractivity contribution in [3.05, 3.63) is 36.5 Å². The zero-order chi connectivity index (χ0) is 8.39. The monoisotopic (exact) mass is 160 g/mol. The average Bonchev–Trinajstić information content (AvgIpc) is 2.54. The summed E-state index contributed by atoms with van der Waals surface area (Å²) in [4.78, 5) is 0. The highest BCUT2D eigenvalue weighted by atomic mass is 15.4. The zero-order valence-corrected chi connectivity index (χ0v) is 6.86. The fourth-order valence-electron chi connectivity index (χ4n) is 1.12. The predicted molar refractivity (Wildman–Crippen MR) is 45.2 cm³/mol. The third-order valence-corrected chi connectivity index (χ3v) is 1.71. The van der Waals surface area contributed by atoms with Crippen LogP contribution in [-0.2, 0) is 7.05 Å². The third kappa shape index (κ3) is 1.21. The third-order valence-electron chi connectivity index (χ3n) is 1.71. The van der Waals surface area contributed by atoms with Crippen LogP contribution in [0.5, 0.6) is 0 Å². The summed E-state index contributed by atoms with van der Waals surface area (Å²) in [6, 6.07) is 10.1. The molecular formula is C9H10N3+. The van der Waals surface area contributed by atoms with Gasteiger partial charge in [-0.15, -0.1) is 0 Å². The number of hydrogen-bond acceptors (Lipinski definition) is 1. The Morgan fingerprint density at radius 1 is 1.25 bits per heavy atom. The minimum atomic E-state index is 0.970. The summed E-state index contributed by atoms with van der Waals surface area (Å²) in [7, 11) is 1.92.